The molecular formula is C17H30N6O. The lowest BCUT2D eigenvalue weighted by Crippen LogP contribution is -2.57. The van der Waals surface area contributed by atoms with E-state index in [0.717, 1.165) is 52.2 Å². The lowest BCUT2D eigenvalue weighted by Gasteiger charge is -2.42. The van der Waals surface area contributed by atoms with Gasteiger partial charge >= 0.3 is 0 Å². The summed E-state index contributed by atoms with van der Waals surface area (Å²) >= 11 is 0. The van der Waals surface area contributed by atoms with E-state index in [-0.39, 0.29) is 11.9 Å². The van der Waals surface area contributed by atoms with Crippen LogP contribution in [0.4, 0.5) is 0 Å². The highest BCUT2D eigenvalue weighted by Crippen LogP contribution is 2.22. The number of hydrogen-bond acceptors (Lipinski definition) is 5. The third-order valence-electron chi connectivity index (χ3n) is 5.52. The van der Waals surface area contributed by atoms with Crippen molar-refractivity contribution in [1.82, 2.24) is 29.5 Å². The second kappa shape index (κ2) is 8.07. The van der Waals surface area contributed by atoms with Gasteiger partial charge in [0.05, 0.1) is 12.6 Å². The monoisotopic (exact) mass is 334 g/mol. The Morgan fingerprint density at radius 3 is 2.67 bits per heavy atom. The number of piperidine rings is 1. The average molecular weight is 334 g/mol. The Morgan fingerprint density at radius 1 is 1.21 bits per heavy atom. The Balaban J connectivity index is 1.60. The molecule has 7 nitrogen and oxygen atoms in total. The molecule has 1 amide bonds. The number of likely N-dealkylation sites (tertiary alicyclic amines) is 1. The smallest absolute Gasteiger partial charge is 0.239 e. The predicted octanol–water partition coefficient (Wildman–Crippen LogP) is 0.685. The first kappa shape index (κ1) is 17.4. The molecular weight excluding hydrogens is 304 g/mol. The van der Waals surface area contributed by atoms with Crippen LogP contribution in [0.1, 0.15) is 33.1 Å². The van der Waals surface area contributed by atoms with Gasteiger partial charge in [-0.3, -0.25) is 14.4 Å². The minimum absolute atomic E-state index is 0.0491. The number of carbonyl (C=O) groups excluding carboxylic acids is 1. The number of hydrogen-bond donors (Lipinski definition) is 0. The largest absolute Gasteiger partial charge is 0.339 e. The summed E-state index contributed by atoms with van der Waals surface area (Å²) in [4.78, 5) is 23.9. The maximum Gasteiger partial charge on any atom is 0.239 e. The predicted molar refractivity (Wildman–Crippen MR) is 92.5 cm³/mol. The van der Waals surface area contributed by atoms with Gasteiger partial charge < -0.3 is 9.80 Å². The first-order valence-corrected chi connectivity index (χ1v) is 9.28. The minimum Gasteiger partial charge on any atom is -0.339 e. The zero-order valence-corrected chi connectivity index (χ0v) is 15.0. The molecule has 0 N–H and O–H groups in total. The van der Waals surface area contributed by atoms with Gasteiger partial charge in [-0.2, -0.15) is 5.10 Å². The lowest BCUT2D eigenvalue weighted by atomic mass is 9.99. The zero-order valence-electron chi connectivity index (χ0n) is 15.0. The molecule has 0 bridgehead atoms. The van der Waals surface area contributed by atoms with E-state index < -0.39 is 0 Å². The van der Waals surface area contributed by atoms with Gasteiger partial charge in [0.25, 0.3) is 0 Å². The van der Waals surface area contributed by atoms with E-state index in [9.17, 15) is 4.79 Å². The van der Waals surface area contributed by atoms with Gasteiger partial charge in [0, 0.05) is 32.2 Å². The third kappa shape index (κ3) is 3.95. The molecule has 0 saturated carbocycles. The van der Waals surface area contributed by atoms with Gasteiger partial charge in [0.15, 0.2) is 0 Å². The van der Waals surface area contributed by atoms with Gasteiger partial charge in [-0.05, 0) is 32.9 Å². The Morgan fingerprint density at radius 2 is 2.00 bits per heavy atom. The van der Waals surface area contributed by atoms with Gasteiger partial charge in [0.1, 0.15) is 12.7 Å². The van der Waals surface area contributed by atoms with Crippen molar-refractivity contribution in [3.8, 4) is 0 Å². The van der Waals surface area contributed by atoms with Crippen LogP contribution in [0.5, 0.6) is 0 Å². The first-order valence-electron chi connectivity index (χ1n) is 9.28. The van der Waals surface area contributed by atoms with E-state index in [1.54, 1.807) is 12.7 Å². The molecule has 2 aliphatic heterocycles. The van der Waals surface area contributed by atoms with Crippen LogP contribution < -0.4 is 0 Å². The second-order valence-electron chi connectivity index (χ2n) is 6.94. The summed E-state index contributed by atoms with van der Waals surface area (Å²) < 4.78 is 1.89. The molecule has 2 atom stereocenters. The van der Waals surface area contributed by atoms with Crippen molar-refractivity contribution in [3.05, 3.63) is 12.7 Å². The van der Waals surface area contributed by atoms with Crippen molar-refractivity contribution in [2.45, 2.75) is 51.7 Å². The highest BCUT2D eigenvalue weighted by Gasteiger charge is 2.33. The fourth-order valence-electron chi connectivity index (χ4n) is 3.96. The van der Waals surface area contributed by atoms with Crippen molar-refractivity contribution in [1.29, 1.82) is 0 Å². The van der Waals surface area contributed by atoms with Crippen molar-refractivity contribution >= 4 is 5.91 Å². The molecule has 2 fully saturated rings. The van der Waals surface area contributed by atoms with Crippen LogP contribution in [-0.4, -0.2) is 86.7 Å². The van der Waals surface area contributed by atoms with E-state index in [0.29, 0.717) is 6.04 Å². The highest BCUT2D eigenvalue weighted by molar-refractivity contribution is 5.81. The summed E-state index contributed by atoms with van der Waals surface area (Å²) in [6, 6.07) is 0.323. The first-order chi connectivity index (χ1) is 11.7. The SMILES string of the molecule is CCN1CCN(C(=O)C(C)N2CCCCC2Cn2cncn2)CC1. The van der Waals surface area contributed by atoms with Crippen LogP contribution in [0, 0.1) is 0 Å². The third-order valence-corrected chi connectivity index (χ3v) is 5.52. The van der Waals surface area contributed by atoms with Crippen molar-refractivity contribution in [2.24, 2.45) is 0 Å². The van der Waals surface area contributed by atoms with Gasteiger partial charge in [-0.1, -0.05) is 13.3 Å². The van der Waals surface area contributed by atoms with Gasteiger partial charge in [-0.25, -0.2) is 4.98 Å². The number of carbonyl (C=O) groups is 1. The topological polar surface area (TPSA) is 57.5 Å². The van der Waals surface area contributed by atoms with E-state index in [4.69, 9.17) is 0 Å². The molecule has 2 unspecified atom stereocenters. The second-order valence-corrected chi connectivity index (χ2v) is 6.94. The normalized spacial score (nSPS) is 24.9. The van der Waals surface area contributed by atoms with E-state index in [2.05, 4.69) is 38.6 Å². The van der Waals surface area contributed by atoms with Crippen molar-refractivity contribution in [3.63, 3.8) is 0 Å². The Kier molecular flexibility index (Phi) is 5.84. The summed E-state index contributed by atoms with van der Waals surface area (Å²) in [5, 5.41) is 4.23. The molecule has 24 heavy (non-hydrogen) atoms. The molecule has 3 rings (SSSR count). The van der Waals surface area contributed by atoms with Crippen LogP contribution in [0.25, 0.3) is 0 Å². The molecule has 0 radical (unpaired) electrons. The molecule has 0 spiro atoms. The number of aromatic nitrogens is 3. The van der Waals surface area contributed by atoms with Crippen LogP contribution in [0.15, 0.2) is 12.7 Å². The van der Waals surface area contributed by atoms with Gasteiger partial charge in [-0.15, -0.1) is 0 Å². The van der Waals surface area contributed by atoms with Gasteiger partial charge in [0.2, 0.25) is 5.91 Å². The number of nitrogens with zero attached hydrogens (tertiary/aromatic N) is 6. The van der Waals surface area contributed by atoms with E-state index >= 15 is 0 Å². The molecule has 7 heteroatoms. The summed E-state index contributed by atoms with van der Waals surface area (Å²) in [5.74, 6) is 0.288. The Bertz CT molecular complexity index is 511. The fourth-order valence-corrected chi connectivity index (χ4v) is 3.96. The number of likely N-dealkylation sites (N-methyl/N-ethyl adjacent to an activating group) is 1. The number of amides is 1. The van der Waals surface area contributed by atoms with Crippen LogP contribution in [-0.2, 0) is 11.3 Å². The van der Waals surface area contributed by atoms with E-state index in [1.807, 2.05) is 4.68 Å². The average Bonchev–Trinajstić information content (AvgIpc) is 3.14. The lowest BCUT2D eigenvalue weighted by molar-refractivity contribution is -0.139. The molecule has 3 heterocycles. The summed E-state index contributed by atoms with van der Waals surface area (Å²) in [6.45, 7) is 10.9. The number of piperazine rings is 1. The maximum absolute atomic E-state index is 13.0. The quantitative estimate of drug-likeness (QED) is 0.793. The molecule has 134 valence electrons. The van der Waals surface area contributed by atoms with E-state index in [1.165, 1.54) is 12.8 Å². The molecule has 0 aliphatic carbocycles. The summed E-state index contributed by atoms with van der Waals surface area (Å²) in [7, 11) is 0. The fraction of sp³-hybridized carbons (Fsp3) is 0.824. The Labute approximate surface area is 144 Å². The van der Waals surface area contributed by atoms with Crippen LogP contribution in [0.2, 0.25) is 0 Å². The maximum atomic E-state index is 13.0. The molecule has 1 aromatic rings. The minimum atomic E-state index is -0.0491. The number of rotatable bonds is 5. The Hall–Kier alpha value is -1.47. The molecule has 1 aromatic heterocycles. The zero-order chi connectivity index (χ0) is 16.9. The standard InChI is InChI=1S/C17H30N6O/c1-3-20-8-10-21(11-9-20)17(24)15(2)23-7-5-4-6-16(23)12-22-14-18-13-19-22/h13-16H,3-12H2,1-2H3. The molecule has 2 saturated heterocycles. The molecule has 2 aliphatic rings. The van der Waals surface area contributed by atoms with Crippen LogP contribution >= 0.6 is 0 Å². The highest BCUT2D eigenvalue weighted by atomic mass is 16.2. The summed E-state index contributed by atoms with van der Waals surface area (Å²) in [6.07, 6.45) is 6.88. The summed E-state index contributed by atoms with van der Waals surface area (Å²) in [5.41, 5.74) is 0. The molecule has 0 aromatic carbocycles. The van der Waals surface area contributed by atoms with Crippen molar-refractivity contribution < 1.29 is 4.79 Å². The van der Waals surface area contributed by atoms with Crippen molar-refractivity contribution in [2.75, 3.05) is 39.3 Å². The van der Waals surface area contributed by atoms with Crippen LogP contribution in [0.3, 0.4) is 0 Å².